The smallest absolute Gasteiger partial charge is 0.251 e. The SMILES string of the molecule is CC1(CNC(=O)c2cc(F)cc(F)c2)CCNC1. The first kappa shape index (κ1) is 13.0. The molecular formula is C13H16F2N2O. The van der Waals surface area contributed by atoms with E-state index in [2.05, 4.69) is 17.6 Å². The highest BCUT2D eigenvalue weighted by molar-refractivity contribution is 5.94. The summed E-state index contributed by atoms with van der Waals surface area (Å²) in [4.78, 5) is 11.8. The number of benzene rings is 1. The Morgan fingerprint density at radius 3 is 2.61 bits per heavy atom. The molecule has 98 valence electrons. The van der Waals surface area contributed by atoms with Crippen LogP contribution in [-0.4, -0.2) is 25.5 Å². The van der Waals surface area contributed by atoms with Gasteiger partial charge in [0.25, 0.3) is 5.91 Å². The third kappa shape index (κ3) is 3.04. The molecule has 1 aromatic rings. The van der Waals surface area contributed by atoms with Gasteiger partial charge in [-0.1, -0.05) is 6.92 Å². The van der Waals surface area contributed by atoms with Crippen LogP contribution >= 0.6 is 0 Å². The van der Waals surface area contributed by atoms with Crippen molar-refractivity contribution >= 4 is 5.91 Å². The molecule has 2 N–H and O–H groups in total. The van der Waals surface area contributed by atoms with E-state index < -0.39 is 17.5 Å². The molecule has 0 aliphatic carbocycles. The van der Waals surface area contributed by atoms with Gasteiger partial charge in [0.05, 0.1) is 0 Å². The minimum absolute atomic E-state index is 0.0154. The lowest BCUT2D eigenvalue weighted by atomic mass is 9.90. The second-order valence-electron chi connectivity index (χ2n) is 5.08. The fraction of sp³-hybridized carbons (Fsp3) is 0.462. The molecule has 18 heavy (non-hydrogen) atoms. The van der Waals surface area contributed by atoms with E-state index in [4.69, 9.17) is 0 Å². The zero-order valence-electron chi connectivity index (χ0n) is 10.2. The maximum atomic E-state index is 13.0. The summed E-state index contributed by atoms with van der Waals surface area (Å²) in [6.45, 7) is 4.34. The maximum absolute atomic E-state index is 13.0. The van der Waals surface area contributed by atoms with Crippen molar-refractivity contribution in [2.45, 2.75) is 13.3 Å². The third-order valence-electron chi connectivity index (χ3n) is 3.26. The van der Waals surface area contributed by atoms with E-state index in [9.17, 15) is 13.6 Å². The molecule has 0 saturated carbocycles. The highest BCUT2D eigenvalue weighted by atomic mass is 19.1. The molecule has 3 nitrogen and oxygen atoms in total. The first-order valence-corrected chi connectivity index (χ1v) is 5.94. The van der Waals surface area contributed by atoms with E-state index in [0.29, 0.717) is 6.54 Å². The Bertz CT molecular complexity index is 436. The fourth-order valence-corrected chi connectivity index (χ4v) is 2.10. The number of rotatable bonds is 3. The number of halogens is 2. The second-order valence-corrected chi connectivity index (χ2v) is 5.08. The summed E-state index contributed by atoms with van der Waals surface area (Å²) in [5.74, 6) is -1.93. The number of amides is 1. The molecule has 5 heteroatoms. The first-order valence-electron chi connectivity index (χ1n) is 5.94. The molecule has 0 bridgehead atoms. The van der Waals surface area contributed by atoms with Gasteiger partial charge in [-0.2, -0.15) is 0 Å². The van der Waals surface area contributed by atoms with Crippen LogP contribution < -0.4 is 10.6 Å². The van der Waals surface area contributed by atoms with Crippen molar-refractivity contribution in [1.29, 1.82) is 0 Å². The van der Waals surface area contributed by atoms with E-state index in [-0.39, 0.29) is 11.0 Å². The molecule has 1 aromatic carbocycles. The van der Waals surface area contributed by atoms with Crippen molar-refractivity contribution in [3.05, 3.63) is 35.4 Å². The van der Waals surface area contributed by atoms with Gasteiger partial charge >= 0.3 is 0 Å². The van der Waals surface area contributed by atoms with Gasteiger partial charge < -0.3 is 10.6 Å². The Kier molecular flexibility index (Phi) is 3.61. The van der Waals surface area contributed by atoms with Gasteiger partial charge in [0, 0.05) is 24.7 Å². The quantitative estimate of drug-likeness (QED) is 0.862. The van der Waals surface area contributed by atoms with Crippen LogP contribution in [0.4, 0.5) is 8.78 Å². The van der Waals surface area contributed by atoms with Crippen LogP contribution in [0.25, 0.3) is 0 Å². The fourth-order valence-electron chi connectivity index (χ4n) is 2.10. The van der Waals surface area contributed by atoms with E-state index in [1.807, 2.05) is 0 Å². The van der Waals surface area contributed by atoms with E-state index >= 15 is 0 Å². The molecule has 1 aliphatic heterocycles. The predicted octanol–water partition coefficient (Wildman–Crippen LogP) is 1.69. The minimum Gasteiger partial charge on any atom is -0.351 e. The predicted molar refractivity (Wildman–Crippen MR) is 64.3 cm³/mol. The van der Waals surface area contributed by atoms with Crippen molar-refractivity contribution in [2.24, 2.45) is 5.41 Å². The van der Waals surface area contributed by atoms with Crippen molar-refractivity contribution < 1.29 is 13.6 Å². The minimum atomic E-state index is -0.742. The van der Waals surface area contributed by atoms with E-state index in [1.165, 1.54) is 0 Å². The molecule has 1 unspecified atom stereocenters. The van der Waals surface area contributed by atoms with Gasteiger partial charge in [-0.15, -0.1) is 0 Å². The van der Waals surface area contributed by atoms with Crippen LogP contribution in [0.5, 0.6) is 0 Å². The van der Waals surface area contributed by atoms with E-state index in [1.54, 1.807) is 0 Å². The van der Waals surface area contributed by atoms with Gasteiger partial charge in [0.1, 0.15) is 11.6 Å². The largest absolute Gasteiger partial charge is 0.351 e. The van der Waals surface area contributed by atoms with Gasteiger partial charge in [0.15, 0.2) is 0 Å². The number of hydrogen-bond donors (Lipinski definition) is 2. The van der Waals surface area contributed by atoms with Crippen molar-refractivity contribution in [2.75, 3.05) is 19.6 Å². The Morgan fingerprint density at radius 2 is 2.06 bits per heavy atom. The van der Waals surface area contributed by atoms with E-state index in [0.717, 1.165) is 37.7 Å². The molecule has 2 rings (SSSR count). The summed E-state index contributed by atoms with van der Waals surface area (Å²) in [6, 6.07) is 2.82. The Morgan fingerprint density at radius 1 is 1.39 bits per heavy atom. The summed E-state index contributed by atoms with van der Waals surface area (Å²) in [6.07, 6.45) is 0.977. The molecule has 1 aliphatic rings. The Labute approximate surface area is 105 Å². The number of carbonyl (C=O) groups is 1. The molecule has 1 amide bonds. The van der Waals surface area contributed by atoms with Crippen LogP contribution in [0.3, 0.4) is 0 Å². The highest BCUT2D eigenvalue weighted by Gasteiger charge is 2.28. The van der Waals surface area contributed by atoms with Crippen LogP contribution in [0.15, 0.2) is 18.2 Å². The van der Waals surface area contributed by atoms with Gasteiger partial charge in [-0.3, -0.25) is 4.79 Å². The first-order chi connectivity index (χ1) is 8.48. The van der Waals surface area contributed by atoms with Crippen LogP contribution in [-0.2, 0) is 0 Å². The average molecular weight is 254 g/mol. The molecule has 1 atom stereocenters. The third-order valence-corrected chi connectivity index (χ3v) is 3.26. The zero-order chi connectivity index (χ0) is 13.2. The number of nitrogens with one attached hydrogen (secondary N) is 2. The summed E-state index contributed by atoms with van der Waals surface area (Å²) in [7, 11) is 0. The summed E-state index contributed by atoms with van der Waals surface area (Å²) in [5.41, 5.74) is 0.0312. The molecular weight excluding hydrogens is 238 g/mol. The molecule has 0 radical (unpaired) electrons. The Hall–Kier alpha value is -1.49. The van der Waals surface area contributed by atoms with Crippen molar-refractivity contribution in [3.63, 3.8) is 0 Å². The van der Waals surface area contributed by atoms with Gasteiger partial charge in [0.2, 0.25) is 0 Å². The standard InChI is InChI=1S/C13H16F2N2O/c1-13(2-3-16-7-13)8-17-12(18)9-4-10(14)6-11(15)5-9/h4-6,16H,2-3,7-8H2,1H3,(H,17,18). The highest BCUT2D eigenvalue weighted by Crippen LogP contribution is 2.23. The maximum Gasteiger partial charge on any atom is 0.251 e. The molecule has 1 fully saturated rings. The topological polar surface area (TPSA) is 41.1 Å². The molecule has 1 heterocycles. The normalized spacial score (nSPS) is 23.1. The Balaban J connectivity index is 1.99. The van der Waals surface area contributed by atoms with Crippen LogP contribution in [0, 0.1) is 17.0 Å². The van der Waals surface area contributed by atoms with Crippen LogP contribution in [0.1, 0.15) is 23.7 Å². The van der Waals surface area contributed by atoms with Gasteiger partial charge in [-0.05, 0) is 30.5 Å². The lowest BCUT2D eigenvalue weighted by molar-refractivity contribution is 0.0936. The molecule has 1 saturated heterocycles. The summed E-state index contributed by atoms with van der Waals surface area (Å²) in [5, 5.41) is 5.95. The molecule has 0 spiro atoms. The van der Waals surface area contributed by atoms with Crippen LogP contribution in [0.2, 0.25) is 0 Å². The number of carbonyl (C=O) groups excluding carboxylic acids is 1. The van der Waals surface area contributed by atoms with Crippen molar-refractivity contribution in [3.8, 4) is 0 Å². The monoisotopic (exact) mass is 254 g/mol. The average Bonchev–Trinajstić information content (AvgIpc) is 2.72. The molecule has 0 aromatic heterocycles. The van der Waals surface area contributed by atoms with Crippen molar-refractivity contribution in [1.82, 2.24) is 10.6 Å². The zero-order valence-corrected chi connectivity index (χ0v) is 10.2. The second kappa shape index (κ2) is 5.02. The lowest BCUT2D eigenvalue weighted by Crippen LogP contribution is -2.37. The number of hydrogen-bond acceptors (Lipinski definition) is 2. The summed E-state index contributed by atoms with van der Waals surface area (Å²) < 4.78 is 25.9. The summed E-state index contributed by atoms with van der Waals surface area (Å²) >= 11 is 0. The lowest BCUT2D eigenvalue weighted by Gasteiger charge is -2.22. The van der Waals surface area contributed by atoms with Gasteiger partial charge in [-0.25, -0.2) is 8.78 Å².